The molecule has 2 N–H and O–H groups in total. The van der Waals surface area contributed by atoms with E-state index in [1.54, 1.807) is 12.1 Å². The summed E-state index contributed by atoms with van der Waals surface area (Å²) in [5.41, 5.74) is 8.53. The standard InChI is InChI=1S/C23H24FN3.CH3NO/c1-26(22-11-14-27(15-12-22)23-6-3-13-25-17-23)21-9-7-18(8-10-21)19-4-2-5-20(24)16-19;2-1-3/h2-10,13,16-17,22H,11-12,14-15H2,1H3;1H,(H2,2,3). The van der Waals surface area contributed by atoms with Crippen LogP contribution >= 0.6 is 0 Å². The molecule has 1 aliphatic heterocycles. The summed E-state index contributed by atoms with van der Waals surface area (Å²) in [4.78, 5) is 17.6. The van der Waals surface area contributed by atoms with Crippen molar-refractivity contribution in [2.45, 2.75) is 18.9 Å². The van der Waals surface area contributed by atoms with Gasteiger partial charge in [0.05, 0.1) is 11.9 Å². The fourth-order valence-electron chi connectivity index (χ4n) is 3.82. The van der Waals surface area contributed by atoms with Crippen molar-refractivity contribution in [3.8, 4) is 11.1 Å². The molecule has 0 bridgehead atoms. The van der Waals surface area contributed by atoms with Gasteiger partial charge in [0, 0.05) is 38.1 Å². The second-order valence-corrected chi connectivity index (χ2v) is 7.23. The van der Waals surface area contributed by atoms with Crippen LogP contribution in [0.2, 0.25) is 0 Å². The number of carbonyl (C=O) groups excluding carboxylic acids is 1. The topological polar surface area (TPSA) is 62.5 Å². The number of rotatable bonds is 4. The largest absolute Gasteiger partial charge is 0.372 e. The molecule has 6 heteroatoms. The van der Waals surface area contributed by atoms with Crippen LogP contribution in [-0.4, -0.2) is 37.6 Å². The Morgan fingerprint density at radius 1 is 1.07 bits per heavy atom. The summed E-state index contributed by atoms with van der Waals surface area (Å²) in [6, 6.07) is 19.8. The zero-order valence-corrected chi connectivity index (χ0v) is 17.1. The van der Waals surface area contributed by atoms with Crippen LogP contribution in [0.25, 0.3) is 11.1 Å². The quantitative estimate of drug-likeness (QED) is 0.663. The van der Waals surface area contributed by atoms with E-state index in [9.17, 15) is 4.39 Å². The molecule has 0 saturated carbocycles. The highest BCUT2D eigenvalue weighted by Crippen LogP contribution is 2.27. The van der Waals surface area contributed by atoms with Crippen LogP contribution in [0.5, 0.6) is 0 Å². The number of nitrogens with two attached hydrogens (primary N) is 1. The summed E-state index contributed by atoms with van der Waals surface area (Å²) >= 11 is 0. The van der Waals surface area contributed by atoms with Crippen LogP contribution in [0.4, 0.5) is 15.8 Å². The Balaban J connectivity index is 0.000000806. The highest BCUT2D eigenvalue weighted by molar-refractivity contribution is 5.66. The molecule has 1 aliphatic rings. The maximum Gasteiger partial charge on any atom is 0.204 e. The highest BCUT2D eigenvalue weighted by atomic mass is 19.1. The number of benzene rings is 2. The molecule has 3 aromatic rings. The van der Waals surface area contributed by atoms with Gasteiger partial charge in [0.25, 0.3) is 0 Å². The summed E-state index contributed by atoms with van der Waals surface area (Å²) in [5.74, 6) is -0.200. The highest BCUT2D eigenvalue weighted by Gasteiger charge is 2.23. The number of primary amides is 1. The van der Waals surface area contributed by atoms with Crippen molar-refractivity contribution < 1.29 is 9.18 Å². The van der Waals surface area contributed by atoms with Gasteiger partial charge in [-0.1, -0.05) is 24.3 Å². The Morgan fingerprint density at radius 2 is 1.77 bits per heavy atom. The maximum atomic E-state index is 13.4. The molecule has 0 spiro atoms. The smallest absolute Gasteiger partial charge is 0.204 e. The van der Waals surface area contributed by atoms with Gasteiger partial charge >= 0.3 is 0 Å². The molecule has 1 aromatic heterocycles. The Labute approximate surface area is 177 Å². The van der Waals surface area contributed by atoms with Crippen molar-refractivity contribution in [3.05, 3.63) is 78.9 Å². The average Bonchev–Trinajstić information content (AvgIpc) is 2.80. The number of piperidine rings is 1. The number of halogens is 1. The second kappa shape index (κ2) is 10.4. The first kappa shape index (κ1) is 21.3. The summed E-state index contributed by atoms with van der Waals surface area (Å²) in [5, 5.41) is 0. The fourth-order valence-corrected chi connectivity index (χ4v) is 3.82. The van der Waals surface area contributed by atoms with E-state index >= 15 is 0 Å². The lowest BCUT2D eigenvalue weighted by Crippen LogP contribution is -2.43. The molecule has 0 atom stereocenters. The van der Waals surface area contributed by atoms with Gasteiger partial charge in [0.15, 0.2) is 0 Å². The third-order valence-corrected chi connectivity index (χ3v) is 5.46. The van der Waals surface area contributed by atoms with Crippen molar-refractivity contribution in [1.82, 2.24) is 4.98 Å². The van der Waals surface area contributed by atoms with Crippen molar-refractivity contribution in [2.75, 3.05) is 29.9 Å². The summed E-state index contributed by atoms with van der Waals surface area (Å²) in [6.07, 6.45) is 6.25. The molecule has 156 valence electrons. The number of carbonyl (C=O) groups is 1. The molecule has 5 nitrogen and oxygen atoms in total. The van der Waals surface area contributed by atoms with E-state index in [4.69, 9.17) is 4.79 Å². The second-order valence-electron chi connectivity index (χ2n) is 7.23. The van der Waals surface area contributed by atoms with Crippen LogP contribution in [0.1, 0.15) is 12.8 Å². The SMILES string of the molecule is CN(c1ccc(-c2cccc(F)c2)cc1)C1CCN(c2cccnc2)CC1.NC=O. The van der Waals surface area contributed by atoms with E-state index in [1.807, 2.05) is 24.5 Å². The Morgan fingerprint density at radius 3 is 2.37 bits per heavy atom. The molecule has 0 radical (unpaired) electrons. The first-order valence-electron chi connectivity index (χ1n) is 10.0. The summed E-state index contributed by atoms with van der Waals surface area (Å²) in [6.45, 7) is 2.09. The van der Waals surface area contributed by atoms with Gasteiger partial charge in [-0.05, 0) is 60.4 Å². The van der Waals surface area contributed by atoms with Crippen molar-refractivity contribution >= 4 is 17.8 Å². The number of pyridine rings is 1. The summed E-state index contributed by atoms with van der Waals surface area (Å²) in [7, 11) is 2.17. The average molecular weight is 407 g/mol. The molecule has 2 heterocycles. The van der Waals surface area contributed by atoms with Crippen molar-refractivity contribution in [2.24, 2.45) is 5.73 Å². The predicted molar refractivity (Wildman–Crippen MR) is 120 cm³/mol. The molecular formula is C24H27FN4O. The number of nitrogens with zero attached hydrogens (tertiary/aromatic N) is 3. The number of amides is 1. The first-order valence-corrected chi connectivity index (χ1v) is 10.0. The van der Waals surface area contributed by atoms with E-state index in [2.05, 4.69) is 57.9 Å². The van der Waals surface area contributed by atoms with Gasteiger partial charge in [-0.15, -0.1) is 0 Å². The Hall–Kier alpha value is -3.41. The minimum atomic E-state index is -0.200. The lowest BCUT2D eigenvalue weighted by Gasteiger charge is -2.38. The fraction of sp³-hybridized carbons (Fsp3) is 0.250. The number of hydrogen-bond acceptors (Lipinski definition) is 4. The van der Waals surface area contributed by atoms with E-state index in [0.717, 1.165) is 37.1 Å². The Bertz CT molecular complexity index is 925. The zero-order chi connectivity index (χ0) is 21.3. The van der Waals surface area contributed by atoms with Gasteiger partial charge in [0.2, 0.25) is 6.41 Å². The molecule has 2 aromatic carbocycles. The molecule has 4 rings (SSSR count). The van der Waals surface area contributed by atoms with E-state index in [1.165, 1.54) is 17.4 Å². The van der Waals surface area contributed by atoms with Crippen LogP contribution in [0.3, 0.4) is 0 Å². The van der Waals surface area contributed by atoms with Gasteiger partial charge in [-0.3, -0.25) is 9.78 Å². The third-order valence-electron chi connectivity index (χ3n) is 5.46. The van der Waals surface area contributed by atoms with E-state index in [0.29, 0.717) is 6.04 Å². The molecule has 1 amide bonds. The van der Waals surface area contributed by atoms with E-state index < -0.39 is 0 Å². The van der Waals surface area contributed by atoms with Gasteiger partial charge in [-0.2, -0.15) is 0 Å². The number of hydrogen-bond donors (Lipinski definition) is 1. The minimum absolute atomic E-state index is 0.200. The third kappa shape index (κ3) is 5.35. The lowest BCUT2D eigenvalue weighted by atomic mass is 10.0. The monoisotopic (exact) mass is 406 g/mol. The maximum absolute atomic E-state index is 13.4. The normalized spacial score (nSPS) is 13.9. The number of aromatic nitrogens is 1. The molecular weight excluding hydrogens is 379 g/mol. The van der Waals surface area contributed by atoms with Crippen LogP contribution in [0, 0.1) is 5.82 Å². The zero-order valence-electron chi connectivity index (χ0n) is 17.1. The number of anilines is 2. The lowest BCUT2D eigenvalue weighted by molar-refractivity contribution is -0.106. The van der Waals surface area contributed by atoms with Gasteiger partial charge in [0.1, 0.15) is 5.82 Å². The Kier molecular flexibility index (Phi) is 7.38. The molecule has 30 heavy (non-hydrogen) atoms. The van der Waals surface area contributed by atoms with E-state index in [-0.39, 0.29) is 12.2 Å². The molecule has 0 unspecified atom stereocenters. The van der Waals surface area contributed by atoms with Crippen molar-refractivity contribution in [3.63, 3.8) is 0 Å². The molecule has 1 saturated heterocycles. The van der Waals surface area contributed by atoms with Crippen molar-refractivity contribution in [1.29, 1.82) is 0 Å². The molecule has 0 aliphatic carbocycles. The van der Waals surface area contributed by atoms with Crippen LogP contribution < -0.4 is 15.5 Å². The summed E-state index contributed by atoms with van der Waals surface area (Å²) < 4.78 is 13.4. The van der Waals surface area contributed by atoms with Crippen LogP contribution in [0.15, 0.2) is 73.1 Å². The first-order chi connectivity index (χ1) is 14.6. The van der Waals surface area contributed by atoms with Gasteiger partial charge < -0.3 is 15.5 Å². The van der Waals surface area contributed by atoms with Crippen LogP contribution in [-0.2, 0) is 4.79 Å². The molecule has 1 fully saturated rings. The predicted octanol–water partition coefficient (Wildman–Crippen LogP) is 4.09. The minimum Gasteiger partial charge on any atom is -0.372 e. The van der Waals surface area contributed by atoms with Gasteiger partial charge in [-0.25, -0.2) is 4.39 Å².